The highest BCUT2D eigenvalue weighted by Gasteiger charge is 2.21. The van der Waals surface area contributed by atoms with Gasteiger partial charge in [-0.1, -0.05) is 35.5 Å². The molecule has 4 rings (SSSR count). The molecule has 0 bridgehead atoms. The van der Waals surface area contributed by atoms with Crippen LogP contribution in [0.5, 0.6) is 0 Å². The summed E-state index contributed by atoms with van der Waals surface area (Å²) in [4.78, 5) is 14.2. The largest absolute Gasteiger partial charge is 0.361 e. The van der Waals surface area contributed by atoms with Crippen molar-refractivity contribution in [3.8, 4) is 11.1 Å². The van der Waals surface area contributed by atoms with Crippen LogP contribution in [-0.2, 0) is 6.54 Å². The number of nitrogens with zero attached hydrogens (tertiary/aromatic N) is 1. The second kappa shape index (κ2) is 5.97. The molecule has 1 atom stereocenters. The molecule has 2 aromatic carbocycles. The predicted octanol–water partition coefficient (Wildman–Crippen LogP) is 4.18. The van der Waals surface area contributed by atoms with E-state index in [1.54, 1.807) is 0 Å². The molecule has 1 unspecified atom stereocenters. The van der Waals surface area contributed by atoms with Crippen LogP contribution >= 0.6 is 0 Å². The molecule has 1 aromatic heterocycles. The van der Waals surface area contributed by atoms with E-state index >= 15 is 0 Å². The third-order valence-corrected chi connectivity index (χ3v) is 4.75. The van der Waals surface area contributed by atoms with Gasteiger partial charge in [-0.2, -0.15) is 4.91 Å². The van der Waals surface area contributed by atoms with Crippen LogP contribution in [0.25, 0.3) is 22.0 Å². The van der Waals surface area contributed by atoms with Crippen molar-refractivity contribution >= 4 is 10.9 Å². The van der Waals surface area contributed by atoms with Gasteiger partial charge < -0.3 is 10.3 Å². The van der Waals surface area contributed by atoms with Gasteiger partial charge in [-0.05, 0) is 47.7 Å². The minimum absolute atomic E-state index is 0.194. The molecular weight excluding hydrogens is 286 g/mol. The van der Waals surface area contributed by atoms with Gasteiger partial charge in [0.1, 0.15) is 6.54 Å². The number of rotatable bonds is 4. The number of hydrogen-bond donors (Lipinski definition) is 2. The average molecular weight is 305 g/mol. The van der Waals surface area contributed by atoms with E-state index in [1.165, 1.54) is 16.5 Å². The summed E-state index contributed by atoms with van der Waals surface area (Å²) < 4.78 is 0. The van der Waals surface area contributed by atoms with Gasteiger partial charge in [0.2, 0.25) is 0 Å². The first-order valence-corrected chi connectivity index (χ1v) is 8.06. The highest BCUT2D eigenvalue weighted by molar-refractivity contribution is 5.91. The minimum Gasteiger partial charge on any atom is -0.361 e. The van der Waals surface area contributed by atoms with Gasteiger partial charge in [0, 0.05) is 23.7 Å². The van der Waals surface area contributed by atoms with Crippen molar-refractivity contribution in [3.63, 3.8) is 0 Å². The van der Waals surface area contributed by atoms with Crippen LogP contribution in [0.15, 0.2) is 53.8 Å². The Morgan fingerprint density at radius 3 is 2.74 bits per heavy atom. The van der Waals surface area contributed by atoms with Crippen molar-refractivity contribution in [1.82, 2.24) is 10.3 Å². The van der Waals surface area contributed by atoms with Crippen molar-refractivity contribution in [3.05, 3.63) is 64.7 Å². The topological polar surface area (TPSA) is 57.2 Å². The Bertz CT molecular complexity index is 832. The normalized spacial score (nSPS) is 17.7. The Hall–Kier alpha value is -2.46. The van der Waals surface area contributed by atoms with E-state index in [9.17, 15) is 4.91 Å². The summed E-state index contributed by atoms with van der Waals surface area (Å²) in [7, 11) is 0. The van der Waals surface area contributed by atoms with Gasteiger partial charge in [-0.15, -0.1) is 0 Å². The van der Waals surface area contributed by atoms with Crippen LogP contribution in [0.1, 0.15) is 23.5 Å². The number of H-pyrrole nitrogens is 1. The molecule has 1 saturated heterocycles. The van der Waals surface area contributed by atoms with E-state index < -0.39 is 0 Å². The maximum Gasteiger partial charge on any atom is 0.108 e. The molecule has 1 aliphatic rings. The lowest BCUT2D eigenvalue weighted by molar-refractivity contribution is 0.769. The molecule has 4 heteroatoms. The number of nitroso groups, excluding NO2 is 1. The molecular formula is C19H19N3O. The summed E-state index contributed by atoms with van der Waals surface area (Å²) in [5, 5.41) is 7.77. The van der Waals surface area contributed by atoms with E-state index in [0.29, 0.717) is 5.92 Å². The lowest BCUT2D eigenvalue weighted by Gasteiger charge is -2.10. The average Bonchev–Trinajstić information content (AvgIpc) is 3.25. The number of fused-ring (bicyclic) bond motifs is 1. The molecule has 3 aromatic rings. The van der Waals surface area contributed by atoms with Crippen molar-refractivity contribution in [2.75, 3.05) is 13.1 Å². The molecule has 4 nitrogen and oxygen atoms in total. The lowest BCUT2D eigenvalue weighted by Crippen LogP contribution is -2.07. The monoisotopic (exact) mass is 305 g/mol. The standard InChI is InChI=1S/C19H19N3O/c23-22-11-16-8-15(13-4-2-1-3-5-13)9-17-18(12-21-19(16)17)14-6-7-20-10-14/h1-5,8-9,12,14,20-21H,6-7,10-11H2. The third-order valence-electron chi connectivity index (χ3n) is 4.75. The Kier molecular flexibility index (Phi) is 3.67. The van der Waals surface area contributed by atoms with E-state index in [0.717, 1.165) is 36.2 Å². The van der Waals surface area contributed by atoms with E-state index in [2.05, 4.69) is 45.9 Å². The summed E-state index contributed by atoms with van der Waals surface area (Å²) in [6, 6.07) is 14.6. The van der Waals surface area contributed by atoms with Crippen LogP contribution < -0.4 is 5.32 Å². The first-order chi connectivity index (χ1) is 11.4. The lowest BCUT2D eigenvalue weighted by atomic mass is 9.94. The number of hydrogen-bond acceptors (Lipinski definition) is 3. The SMILES string of the molecule is O=NCc1cc(-c2ccccc2)cc2c(C3CCNC3)c[nH]c12. The number of aromatic nitrogens is 1. The van der Waals surface area contributed by atoms with Gasteiger partial charge in [0.25, 0.3) is 0 Å². The molecule has 23 heavy (non-hydrogen) atoms. The molecule has 2 N–H and O–H groups in total. The van der Waals surface area contributed by atoms with Crippen LogP contribution in [0.3, 0.4) is 0 Å². The Morgan fingerprint density at radius 1 is 1.13 bits per heavy atom. The maximum atomic E-state index is 10.9. The first-order valence-electron chi connectivity index (χ1n) is 8.06. The molecule has 0 amide bonds. The van der Waals surface area contributed by atoms with Crippen molar-refractivity contribution in [2.24, 2.45) is 5.18 Å². The van der Waals surface area contributed by atoms with Gasteiger partial charge >= 0.3 is 0 Å². The summed E-state index contributed by atoms with van der Waals surface area (Å²) >= 11 is 0. The summed E-state index contributed by atoms with van der Waals surface area (Å²) in [5.74, 6) is 0.534. The second-order valence-electron chi connectivity index (χ2n) is 6.14. The summed E-state index contributed by atoms with van der Waals surface area (Å²) in [5.41, 5.74) is 5.66. The zero-order valence-electron chi connectivity index (χ0n) is 12.9. The molecule has 0 spiro atoms. The Balaban J connectivity index is 1.90. The summed E-state index contributed by atoms with van der Waals surface area (Å²) in [6.45, 7) is 2.28. The number of nitrogens with one attached hydrogen (secondary N) is 2. The van der Waals surface area contributed by atoms with E-state index in [-0.39, 0.29) is 6.54 Å². The minimum atomic E-state index is 0.194. The number of benzene rings is 2. The fourth-order valence-electron chi connectivity index (χ4n) is 3.58. The summed E-state index contributed by atoms with van der Waals surface area (Å²) in [6.07, 6.45) is 3.26. The smallest absolute Gasteiger partial charge is 0.108 e. The predicted molar refractivity (Wildman–Crippen MR) is 93.5 cm³/mol. The highest BCUT2D eigenvalue weighted by atomic mass is 16.3. The van der Waals surface area contributed by atoms with Crippen molar-refractivity contribution in [1.29, 1.82) is 0 Å². The van der Waals surface area contributed by atoms with Crippen LogP contribution in [0.4, 0.5) is 0 Å². The molecule has 0 aliphatic carbocycles. The fourth-order valence-corrected chi connectivity index (χ4v) is 3.58. The first kappa shape index (κ1) is 14.2. The quantitative estimate of drug-likeness (QED) is 0.710. The van der Waals surface area contributed by atoms with Crippen LogP contribution in [0, 0.1) is 4.91 Å². The molecule has 1 fully saturated rings. The molecule has 116 valence electrons. The van der Waals surface area contributed by atoms with Gasteiger partial charge in [-0.25, -0.2) is 0 Å². The van der Waals surface area contributed by atoms with E-state index in [1.807, 2.05) is 18.2 Å². The van der Waals surface area contributed by atoms with Gasteiger partial charge in [0.15, 0.2) is 0 Å². The molecule has 1 aliphatic heterocycles. The Morgan fingerprint density at radius 2 is 2.00 bits per heavy atom. The molecule has 2 heterocycles. The second-order valence-corrected chi connectivity index (χ2v) is 6.14. The third kappa shape index (κ3) is 2.55. The van der Waals surface area contributed by atoms with Crippen molar-refractivity contribution < 1.29 is 0 Å². The highest BCUT2D eigenvalue weighted by Crippen LogP contribution is 2.34. The molecule has 0 saturated carbocycles. The Labute approximate surface area is 134 Å². The van der Waals surface area contributed by atoms with Crippen LogP contribution in [0.2, 0.25) is 0 Å². The van der Waals surface area contributed by atoms with Gasteiger partial charge in [0.05, 0.1) is 5.52 Å². The fraction of sp³-hybridized carbons (Fsp3) is 0.263. The molecule has 0 radical (unpaired) electrons. The van der Waals surface area contributed by atoms with Gasteiger partial charge in [-0.3, -0.25) is 0 Å². The zero-order chi connectivity index (χ0) is 15.6. The maximum absolute atomic E-state index is 10.9. The zero-order valence-corrected chi connectivity index (χ0v) is 12.9. The van der Waals surface area contributed by atoms with Crippen molar-refractivity contribution in [2.45, 2.75) is 18.9 Å². The van der Waals surface area contributed by atoms with Crippen LogP contribution in [-0.4, -0.2) is 18.1 Å². The number of aromatic amines is 1. The van der Waals surface area contributed by atoms with E-state index in [4.69, 9.17) is 0 Å².